The summed E-state index contributed by atoms with van der Waals surface area (Å²) in [5, 5.41) is 3.49. The molecule has 0 saturated carbocycles. The maximum Gasteiger partial charge on any atom is 0.262 e. The van der Waals surface area contributed by atoms with Crippen LogP contribution in [0.5, 0.6) is 17.2 Å². The molecule has 0 radical (unpaired) electrons. The maximum absolute atomic E-state index is 12.9. The van der Waals surface area contributed by atoms with Crippen LogP contribution in [0.2, 0.25) is 0 Å². The van der Waals surface area contributed by atoms with Gasteiger partial charge in [0.15, 0.2) is 17.1 Å². The Balaban J connectivity index is 1.55. The van der Waals surface area contributed by atoms with Gasteiger partial charge >= 0.3 is 0 Å². The standard InChI is InChI=1S/C21H16N4O4/c1-27-14-5-3-13(4-6-14)23-21-24-19-18(20(26)25-21)15(8-9-22-19)12-2-7-16-17(10-12)29-11-28-16/h2-10H,11H2,1H3,(H2,22,23,24,25,26). The van der Waals surface area contributed by atoms with E-state index in [9.17, 15) is 4.79 Å². The van der Waals surface area contributed by atoms with Gasteiger partial charge in [0.2, 0.25) is 12.7 Å². The highest BCUT2D eigenvalue weighted by Crippen LogP contribution is 2.37. The topological polar surface area (TPSA) is 98.4 Å². The number of aromatic nitrogens is 3. The Labute approximate surface area is 165 Å². The summed E-state index contributed by atoms with van der Waals surface area (Å²) in [6, 6.07) is 14.6. The van der Waals surface area contributed by atoms with E-state index >= 15 is 0 Å². The van der Waals surface area contributed by atoms with Crippen LogP contribution in [-0.2, 0) is 0 Å². The number of nitrogens with zero attached hydrogens (tertiary/aromatic N) is 2. The summed E-state index contributed by atoms with van der Waals surface area (Å²) < 4.78 is 16.0. The van der Waals surface area contributed by atoms with Gasteiger partial charge in [0.25, 0.3) is 5.56 Å². The Hall–Kier alpha value is -4.07. The Morgan fingerprint density at radius 1 is 1.07 bits per heavy atom. The highest BCUT2D eigenvalue weighted by molar-refractivity contribution is 5.92. The van der Waals surface area contributed by atoms with Crippen LogP contribution in [0.4, 0.5) is 11.6 Å². The summed E-state index contributed by atoms with van der Waals surface area (Å²) in [5.74, 6) is 2.38. The summed E-state index contributed by atoms with van der Waals surface area (Å²) in [6.45, 7) is 0.193. The summed E-state index contributed by atoms with van der Waals surface area (Å²) in [5.41, 5.74) is 2.37. The summed E-state index contributed by atoms with van der Waals surface area (Å²) >= 11 is 0. The summed E-state index contributed by atoms with van der Waals surface area (Å²) in [6.07, 6.45) is 1.63. The van der Waals surface area contributed by atoms with Crippen LogP contribution >= 0.6 is 0 Å². The number of nitrogens with one attached hydrogen (secondary N) is 2. The lowest BCUT2D eigenvalue weighted by Crippen LogP contribution is -2.13. The number of benzene rings is 2. The number of hydrogen-bond acceptors (Lipinski definition) is 7. The molecule has 4 aromatic rings. The number of fused-ring (bicyclic) bond motifs is 2. The second-order valence-corrected chi connectivity index (χ2v) is 6.39. The average Bonchev–Trinajstić information content (AvgIpc) is 3.22. The van der Waals surface area contributed by atoms with Crippen molar-refractivity contribution in [2.75, 3.05) is 19.2 Å². The van der Waals surface area contributed by atoms with Crippen molar-refractivity contribution in [2.45, 2.75) is 0 Å². The van der Waals surface area contributed by atoms with E-state index in [2.05, 4.69) is 20.3 Å². The van der Waals surface area contributed by atoms with E-state index in [0.717, 1.165) is 22.6 Å². The predicted octanol–water partition coefficient (Wildman–Crippen LogP) is 3.47. The zero-order chi connectivity index (χ0) is 19.8. The van der Waals surface area contributed by atoms with Gasteiger partial charge in [-0.2, -0.15) is 4.98 Å². The quantitative estimate of drug-likeness (QED) is 0.552. The van der Waals surface area contributed by atoms with E-state index in [1.54, 1.807) is 19.4 Å². The van der Waals surface area contributed by atoms with E-state index in [-0.39, 0.29) is 12.4 Å². The molecule has 2 N–H and O–H groups in total. The van der Waals surface area contributed by atoms with Gasteiger partial charge in [-0.1, -0.05) is 6.07 Å². The Morgan fingerprint density at radius 2 is 1.90 bits per heavy atom. The molecule has 0 unspecified atom stereocenters. The number of aromatic amines is 1. The van der Waals surface area contributed by atoms with Crippen molar-refractivity contribution in [1.82, 2.24) is 15.0 Å². The van der Waals surface area contributed by atoms with Gasteiger partial charge in [-0.15, -0.1) is 0 Å². The molecule has 2 aromatic heterocycles. The Bertz CT molecular complexity index is 1270. The Morgan fingerprint density at radius 3 is 2.72 bits per heavy atom. The second-order valence-electron chi connectivity index (χ2n) is 6.39. The lowest BCUT2D eigenvalue weighted by molar-refractivity contribution is 0.174. The van der Waals surface area contributed by atoms with Gasteiger partial charge in [0, 0.05) is 11.9 Å². The fraction of sp³-hybridized carbons (Fsp3) is 0.0952. The molecule has 0 spiro atoms. The van der Waals surface area contributed by atoms with E-state index in [1.807, 2.05) is 42.5 Å². The smallest absolute Gasteiger partial charge is 0.262 e. The Kier molecular flexibility index (Phi) is 4.02. The number of H-pyrrole nitrogens is 1. The third kappa shape index (κ3) is 3.10. The van der Waals surface area contributed by atoms with Crippen molar-refractivity contribution < 1.29 is 14.2 Å². The van der Waals surface area contributed by atoms with E-state index in [1.165, 1.54) is 0 Å². The van der Waals surface area contributed by atoms with Crippen molar-refractivity contribution in [3.8, 4) is 28.4 Å². The first-order valence-corrected chi connectivity index (χ1v) is 8.91. The molecule has 29 heavy (non-hydrogen) atoms. The van der Waals surface area contributed by atoms with Crippen molar-refractivity contribution in [1.29, 1.82) is 0 Å². The van der Waals surface area contributed by atoms with E-state index in [4.69, 9.17) is 14.2 Å². The molecular formula is C21H16N4O4. The third-order valence-corrected chi connectivity index (χ3v) is 4.64. The highest BCUT2D eigenvalue weighted by atomic mass is 16.7. The SMILES string of the molecule is COc1ccc(Nc2nc3nccc(-c4ccc5c(c4)OCO5)c3c(=O)[nH]2)cc1. The first-order chi connectivity index (χ1) is 14.2. The fourth-order valence-electron chi connectivity index (χ4n) is 3.24. The van der Waals surface area contributed by atoms with Crippen LogP contribution in [0.3, 0.4) is 0 Å². The molecule has 0 fully saturated rings. The van der Waals surface area contributed by atoms with Crippen LogP contribution in [0, 0.1) is 0 Å². The normalized spacial score (nSPS) is 12.2. The lowest BCUT2D eigenvalue weighted by Gasteiger charge is -2.09. The first kappa shape index (κ1) is 17.1. The van der Waals surface area contributed by atoms with Gasteiger partial charge in [-0.05, 0) is 53.6 Å². The number of anilines is 2. The maximum atomic E-state index is 12.9. The minimum Gasteiger partial charge on any atom is -0.497 e. The lowest BCUT2D eigenvalue weighted by atomic mass is 10.0. The molecule has 0 amide bonds. The van der Waals surface area contributed by atoms with Gasteiger partial charge in [0.05, 0.1) is 12.5 Å². The molecular weight excluding hydrogens is 372 g/mol. The van der Waals surface area contributed by atoms with Gasteiger partial charge in [-0.25, -0.2) is 4.98 Å². The van der Waals surface area contributed by atoms with Crippen molar-refractivity contribution in [3.05, 3.63) is 65.1 Å². The molecule has 0 atom stereocenters. The molecule has 8 heteroatoms. The number of hydrogen-bond donors (Lipinski definition) is 2. The molecule has 2 aromatic carbocycles. The average molecular weight is 388 g/mol. The van der Waals surface area contributed by atoms with Crippen molar-refractivity contribution >= 4 is 22.7 Å². The molecule has 144 valence electrons. The number of ether oxygens (including phenoxy) is 3. The second kappa shape index (κ2) is 6.83. The molecule has 1 aliphatic heterocycles. The van der Waals surface area contributed by atoms with Crippen LogP contribution < -0.4 is 25.1 Å². The minimum absolute atomic E-state index is 0.193. The molecule has 0 bridgehead atoms. The predicted molar refractivity (Wildman–Crippen MR) is 108 cm³/mol. The number of pyridine rings is 1. The van der Waals surface area contributed by atoms with Crippen LogP contribution in [0.25, 0.3) is 22.2 Å². The number of rotatable bonds is 4. The molecule has 0 saturated heterocycles. The van der Waals surface area contributed by atoms with Gasteiger partial charge < -0.3 is 19.5 Å². The summed E-state index contributed by atoms with van der Waals surface area (Å²) in [4.78, 5) is 24.4. The summed E-state index contributed by atoms with van der Waals surface area (Å²) in [7, 11) is 1.61. The van der Waals surface area contributed by atoms with Gasteiger partial charge in [-0.3, -0.25) is 9.78 Å². The van der Waals surface area contributed by atoms with Crippen LogP contribution in [-0.4, -0.2) is 28.9 Å². The van der Waals surface area contributed by atoms with Crippen LogP contribution in [0.15, 0.2) is 59.5 Å². The highest BCUT2D eigenvalue weighted by Gasteiger charge is 2.17. The van der Waals surface area contributed by atoms with Crippen molar-refractivity contribution in [2.24, 2.45) is 0 Å². The molecule has 0 aliphatic carbocycles. The fourth-order valence-corrected chi connectivity index (χ4v) is 3.24. The van der Waals surface area contributed by atoms with E-state index < -0.39 is 0 Å². The molecule has 8 nitrogen and oxygen atoms in total. The molecule has 1 aliphatic rings. The van der Waals surface area contributed by atoms with E-state index in [0.29, 0.717) is 28.5 Å². The van der Waals surface area contributed by atoms with Crippen molar-refractivity contribution in [3.63, 3.8) is 0 Å². The molecule has 3 heterocycles. The zero-order valence-electron chi connectivity index (χ0n) is 15.4. The third-order valence-electron chi connectivity index (χ3n) is 4.64. The molecule has 5 rings (SSSR count). The largest absolute Gasteiger partial charge is 0.497 e. The minimum atomic E-state index is -0.285. The zero-order valence-corrected chi connectivity index (χ0v) is 15.4. The van der Waals surface area contributed by atoms with Crippen LogP contribution in [0.1, 0.15) is 0 Å². The monoisotopic (exact) mass is 388 g/mol. The number of methoxy groups -OCH3 is 1. The first-order valence-electron chi connectivity index (χ1n) is 8.91. The van der Waals surface area contributed by atoms with Gasteiger partial charge in [0.1, 0.15) is 5.75 Å².